The Morgan fingerprint density at radius 2 is 2.27 bits per heavy atom. The molecule has 0 amide bonds. The van der Waals surface area contributed by atoms with E-state index < -0.39 is 0 Å². The molecule has 1 aromatic carbocycles. The second-order valence-corrected chi connectivity index (χ2v) is 3.63. The molecular formula is C8H6ClNS. The van der Waals surface area contributed by atoms with Crippen LogP contribution in [0.4, 0.5) is 0 Å². The Morgan fingerprint density at radius 1 is 1.45 bits per heavy atom. The highest BCUT2D eigenvalue weighted by Gasteiger charge is 2.02. The Kier molecular flexibility index (Phi) is 1.59. The number of hydrogen-bond donors (Lipinski definition) is 0. The smallest absolute Gasteiger partial charge is 0.0827 e. The van der Waals surface area contributed by atoms with Crippen molar-refractivity contribution in [3.8, 4) is 0 Å². The zero-order chi connectivity index (χ0) is 7.84. The average molecular weight is 184 g/mol. The van der Waals surface area contributed by atoms with Gasteiger partial charge in [0.2, 0.25) is 0 Å². The van der Waals surface area contributed by atoms with Crippen molar-refractivity contribution in [1.29, 1.82) is 0 Å². The van der Waals surface area contributed by atoms with E-state index in [0.29, 0.717) is 0 Å². The molecule has 0 unspecified atom stereocenters. The maximum Gasteiger partial charge on any atom is 0.0827 e. The van der Waals surface area contributed by atoms with E-state index in [4.69, 9.17) is 11.6 Å². The fourth-order valence-electron chi connectivity index (χ4n) is 0.994. The van der Waals surface area contributed by atoms with Gasteiger partial charge in [-0.15, -0.1) is 11.3 Å². The average Bonchev–Trinajstić information content (AvgIpc) is 2.45. The number of fused-ring (bicyclic) bond motifs is 1. The van der Waals surface area contributed by atoms with E-state index in [-0.39, 0.29) is 0 Å². The van der Waals surface area contributed by atoms with E-state index in [1.165, 1.54) is 0 Å². The minimum atomic E-state index is 0.838. The molecule has 1 nitrogen and oxygen atoms in total. The zero-order valence-corrected chi connectivity index (χ0v) is 7.54. The standard InChI is InChI=1S/C8H6ClNS/c1-5-2-3-6-8(7(5)9)11-4-10-6/h2-4H,1H3. The Balaban J connectivity index is 2.93. The summed E-state index contributed by atoms with van der Waals surface area (Å²) >= 11 is 7.62. The van der Waals surface area contributed by atoms with Crippen LogP contribution in [0.1, 0.15) is 5.56 Å². The lowest BCUT2D eigenvalue weighted by atomic mass is 10.2. The molecule has 2 rings (SSSR count). The third kappa shape index (κ3) is 1.03. The van der Waals surface area contributed by atoms with Gasteiger partial charge < -0.3 is 0 Å². The zero-order valence-electron chi connectivity index (χ0n) is 5.97. The van der Waals surface area contributed by atoms with Crippen molar-refractivity contribution in [3.05, 3.63) is 28.2 Å². The summed E-state index contributed by atoms with van der Waals surface area (Å²) in [5.74, 6) is 0. The van der Waals surface area contributed by atoms with Crippen LogP contribution >= 0.6 is 22.9 Å². The summed E-state index contributed by atoms with van der Waals surface area (Å²) < 4.78 is 1.09. The molecule has 0 fully saturated rings. The van der Waals surface area contributed by atoms with E-state index in [2.05, 4.69) is 4.98 Å². The van der Waals surface area contributed by atoms with Crippen LogP contribution in [0.25, 0.3) is 10.2 Å². The lowest BCUT2D eigenvalue weighted by Crippen LogP contribution is -1.74. The number of benzene rings is 1. The first-order valence-corrected chi connectivity index (χ1v) is 4.53. The first kappa shape index (κ1) is 7.07. The van der Waals surface area contributed by atoms with Gasteiger partial charge in [-0.05, 0) is 18.6 Å². The van der Waals surface area contributed by atoms with Crippen molar-refractivity contribution in [2.75, 3.05) is 0 Å². The molecule has 2 aromatic rings. The molecule has 0 aliphatic rings. The molecule has 0 aliphatic heterocycles. The van der Waals surface area contributed by atoms with Gasteiger partial charge in [0.25, 0.3) is 0 Å². The van der Waals surface area contributed by atoms with E-state index in [9.17, 15) is 0 Å². The van der Waals surface area contributed by atoms with E-state index in [0.717, 1.165) is 20.8 Å². The van der Waals surface area contributed by atoms with Crippen LogP contribution < -0.4 is 0 Å². The van der Waals surface area contributed by atoms with Crippen LogP contribution in [-0.2, 0) is 0 Å². The van der Waals surface area contributed by atoms with Crippen LogP contribution in [0.5, 0.6) is 0 Å². The first-order chi connectivity index (χ1) is 5.29. The Hall–Kier alpha value is -0.600. The number of hydrogen-bond acceptors (Lipinski definition) is 2. The molecule has 0 spiro atoms. The second kappa shape index (κ2) is 2.47. The molecule has 0 radical (unpaired) electrons. The maximum absolute atomic E-state index is 6.04. The van der Waals surface area contributed by atoms with Crippen LogP contribution in [0.2, 0.25) is 5.02 Å². The van der Waals surface area contributed by atoms with Crippen molar-refractivity contribution in [2.24, 2.45) is 0 Å². The molecule has 1 aromatic heterocycles. The molecule has 0 bridgehead atoms. The highest BCUT2D eigenvalue weighted by molar-refractivity contribution is 7.17. The molecule has 56 valence electrons. The summed E-state index contributed by atoms with van der Waals surface area (Å²) in [5, 5.41) is 0.838. The summed E-state index contributed by atoms with van der Waals surface area (Å²) in [5.41, 5.74) is 3.92. The summed E-state index contributed by atoms with van der Waals surface area (Å²) in [6.07, 6.45) is 0. The van der Waals surface area contributed by atoms with Crippen LogP contribution in [0.15, 0.2) is 17.6 Å². The van der Waals surface area contributed by atoms with Gasteiger partial charge in [0.15, 0.2) is 0 Å². The van der Waals surface area contributed by atoms with Gasteiger partial charge in [0.1, 0.15) is 0 Å². The molecule has 0 aliphatic carbocycles. The number of nitrogens with zero attached hydrogens (tertiary/aromatic N) is 1. The number of halogens is 1. The SMILES string of the molecule is Cc1ccc2ncsc2c1Cl. The predicted molar refractivity (Wildman–Crippen MR) is 49.4 cm³/mol. The van der Waals surface area contributed by atoms with Gasteiger partial charge in [-0.2, -0.15) is 0 Å². The van der Waals surface area contributed by atoms with Crippen LogP contribution in [-0.4, -0.2) is 4.98 Å². The van der Waals surface area contributed by atoms with Gasteiger partial charge in [-0.1, -0.05) is 17.7 Å². The molecule has 0 N–H and O–H groups in total. The molecule has 1 heterocycles. The number of aryl methyl sites for hydroxylation is 1. The molecular weight excluding hydrogens is 178 g/mol. The van der Waals surface area contributed by atoms with Gasteiger partial charge in [-0.25, -0.2) is 4.98 Å². The van der Waals surface area contributed by atoms with E-state index in [1.807, 2.05) is 24.6 Å². The van der Waals surface area contributed by atoms with Gasteiger partial charge in [-0.3, -0.25) is 0 Å². The highest BCUT2D eigenvalue weighted by Crippen LogP contribution is 2.28. The highest BCUT2D eigenvalue weighted by atomic mass is 35.5. The van der Waals surface area contributed by atoms with Gasteiger partial charge in [0.05, 0.1) is 20.7 Å². The van der Waals surface area contributed by atoms with E-state index in [1.54, 1.807) is 11.3 Å². The molecule has 0 saturated carbocycles. The van der Waals surface area contributed by atoms with Gasteiger partial charge in [0, 0.05) is 0 Å². The van der Waals surface area contributed by atoms with Crippen LogP contribution in [0.3, 0.4) is 0 Å². The summed E-state index contributed by atoms with van der Waals surface area (Å²) in [6.45, 7) is 2.00. The number of rotatable bonds is 0. The molecule has 0 atom stereocenters. The Morgan fingerprint density at radius 3 is 3.09 bits per heavy atom. The van der Waals surface area contributed by atoms with E-state index >= 15 is 0 Å². The monoisotopic (exact) mass is 183 g/mol. The van der Waals surface area contributed by atoms with Crippen LogP contribution in [0, 0.1) is 6.92 Å². The summed E-state index contributed by atoms with van der Waals surface area (Å²) in [6, 6.07) is 3.98. The molecule has 11 heavy (non-hydrogen) atoms. The number of thiazole rings is 1. The topological polar surface area (TPSA) is 12.9 Å². The van der Waals surface area contributed by atoms with Crippen molar-refractivity contribution in [2.45, 2.75) is 6.92 Å². The number of aromatic nitrogens is 1. The lowest BCUT2D eigenvalue weighted by molar-refractivity contribution is 1.46. The Bertz CT molecular complexity index is 394. The van der Waals surface area contributed by atoms with Gasteiger partial charge >= 0.3 is 0 Å². The predicted octanol–water partition coefficient (Wildman–Crippen LogP) is 3.26. The van der Waals surface area contributed by atoms with Crippen molar-refractivity contribution in [3.63, 3.8) is 0 Å². The quantitative estimate of drug-likeness (QED) is 0.611. The largest absolute Gasteiger partial charge is 0.245 e. The minimum Gasteiger partial charge on any atom is -0.245 e. The third-order valence-electron chi connectivity index (χ3n) is 1.63. The summed E-state index contributed by atoms with van der Waals surface area (Å²) in [4.78, 5) is 4.15. The molecule has 3 heteroatoms. The Labute approximate surface area is 73.6 Å². The normalized spacial score (nSPS) is 10.7. The van der Waals surface area contributed by atoms with Crippen molar-refractivity contribution >= 4 is 33.2 Å². The third-order valence-corrected chi connectivity index (χ3v) is 3.09. The fraction of sp³-hybridized carbons (Fsp3) is 0.125. The van der Waals surface area contributed by atoms with Crippen molar-refractivity contribution < 1.29 is 0 Å². The molecule has 0 saturated heterocycles. The minimum absolute atomic E-state index is 0.838. The maximum atomic E-state index is 6.04. The first-order valence-electron chi connectivity index (χ1n) is 3.27. The second-order valence-electron chi connectivity index (χ2n) is 2.40. The van der Waals surface area contributed by atoms with Crippen molar-refractivity contribution in [1.82, 2.24) is 4.98 Å². The fourth-order valence-corrected chi connectivity index (χ4v) is 2.06. The lowest BCUT2D eigenvalue weighted by Gasteiger charge is -1.95. The summed E-state index contributed by atoms with van der Waals surface area (Å²) in [7, 11) is 0.